The normalized spacial score (nSPS) is 13.4. The summed E-state index contributed by atoms with van der Waals surface area (Å²) in [6, 6.07) is 10.1. The molecule has 0 fully saturated rings. The summed E-state index contributed by atoms with van der Waals surface area (Å²) in [6.07, 6.45) is 1.79. The molecule has 0 aliphatic rings. The summed E-state index contributed by atoms with van der Waals surface area (Å²) in [7, 11) is 0. The second-order valence-electron chi connectivity index (χ2n) is 5.15. The lowest BCUT2D eigenvalue weighted by Gasteiger charge is -2.26. The Balaban J connectivity index is 2.32. The van der Waals surface area contributed by atoms with Crippen LogP contribution in [0.4, 0.5) is 0 Å². The Bertz CT molecular complexity index is 330. The third-order valence-electron chi connectivity index (χ3n) is 2.64. The van der Waals surface area contributed by atoms with E-state index in [0.717, 1.165) is 0 Å². The van der Waals surface area contributed by atoms with Gasteiger partial charge in [0.05, 0.1) is 19.3 Å². The predicted molar refractivity (Wildman–Crippen MR) is 70.7 cm³/mol. The molecule has 1 aromatic carbocycles. The number of hydrogen-bond donors (Lipinski definition) is 1. The summed E-state index contributed by atoms with van der Waals surface area (Å²) in [5.41, 5.74) is 1.13. The van der Waals surface area contributed by atoms with Crippen molar-refractivity contribution >= 4 is 0 Å². The van der Waals surface area contributed by atoms with Crippen LogP contribution in [0.25, 0.3) is 0 Å². The van der Waals surface area contributed by atoms with E-state index in [1.54, 1.807) is 6.08 Å². The molecule has 0 radical (unpaired) electrons. The van der Waals surface area contributed by atoms with Crippen molar-refractivity contribution in [3.8, 4) is 0 Å². The zero-order valence-electron chi connectivity index (χ0n) is 10.7. The summed E-state index contributed by atoms with van der Waals surface area (Å²) >= 11 is 0. The SMILES string of the molecule is C=CC(O)CC(C)(C)COCc1ccccc1. The van der Waals surface area contributed by atoms with Crippen LogP contribution < -0.4 is 0 Å². The fraction of sp³-hybridized carbons (Fsp3) is 0.467. The zero-order valence-corrected chi connectivity index (χ0v) is 10.7. The van der Waals surface area contributed by atoms with E-state index in [0.29, 0.717) is 19.6 Å². The number of benzene rings is 1. The molecule has 1 unspecified atom stereocenters. The van der Waals surface area contributed by atoms with Crippen molar-refractivity contribution in [3.63, 3.8) is 0 Å². The van der Waals surface area contributed by atoms with Crippen LogP contribution in [0.15, 0.2) is 43.0 Å². The fourth-order valence-corrected chi connectivity index (χ4v) is 1.73. The Morgan fingerprint density at radius 1 is 1.35 bits per heavy atom. The molecule has 94 valence electrons. The molecule has 0 bridgehead atoms. The van der Waals surface area contributed by atoms with Gasteiger partial charge in [-0.05, 0) is 17.4 Å². The molecule has 1 atom stereocenters. The second kappa shape index (κ2) is 6.58. The first kappa shape index (κ1) is 13.9. The van der Waals surface area contributed by atoms with Crippen molar-refractivity contribution < 1.29 is 9.84 Å². The van der Waals surface area contributed by atoms with Gasteiger partial charge in [-0.25, -0.2) is 0 Å². The van der Waals surface area contributed by atoms with E-state index in [1.165, 1.54) is 5.56 Å². The highest BCUT2D eigenvalue weighted by atomic mass is 16.5. The van der Waals surface area contributed by atoms with Crippen molar-refractivity contribution in [2.75, 3.05) is 6.61 Å². The van der Waals surface area contributed by atoms with Crippen LogP contribution in [0.2, 0.25) is 0 Å². The van der Waals surface area contributed by atoms with Crippen LogP contribution in [0.3, 0.4) is 0 Å². The van der Waals surface area contributed by atoms with Gasteiger partial charge in [0, 0.05) is 0 Å². The van der Waals surface area contributed by atoms with Gasteiger partial charge >= 0.3 is 0 Å². The minimum absolute atomic E-state index is 0.0393. The molecule has 0 heterocycles. The van der Waals surface area contributed by atoms with Crippen molar-refractivity contribution in [1.29, 1.82) is 0 Å². The van der Waals surface area contributed by atoms with Crippen molar-refractivity contribution in [2.45, 2.75) is 33.0 Å². The van der Waals surface area contributed by atoms with E-state index in [4.69, 9.17) is 4.74 Å². The van der Waals surface area contributed by atoms with Gasteiger partial charge in [-0.2, -0.15) is 0 Å². The van der Waals surface area contributed by atoms with Gasteiger partial charge in [-0.1, -0.05) is 50.3 Å². The van der Waals surface area contributed by atoms with E-state index in [1.807, 2.05) is 30.3 Å². The molecule has 17 heavy (non-hydrogen) atoms. The monoisotopic (exact) mass is 234 g/mol. The number of hydrogen-bond acceptors (Lipinski definition) is 2. The number of rotatable bonds is 7. The van der Waals surface area contributed by atoms with E-state index >= 15 is 0 Å². The van der Waals surface area contributed by atoms with E-state index < -0.39 is 6.10 Å². The largest absolute Gasteiger partial charge is 0.389 e. The molecular weight excluding hydrogens is 212 g/mol. The van der Waals surface area contributed by atoms with Gasteiger partial charge in [-0.3, -0.25) is 0 Å². The lowest BCUT2D eigenvalue weighted by atomic mass is 9.87. The van der Waals surface area contributed by atoms with Crippen molar-refractivity contribution in [1.82, 2.24) is 0 Å². The standard InChI is InChI=1S/C15H22O2/c1-4-14(16)10-15(2,3)12-17-11-13-8-6-5-7-9-13/h4-9,14,16H,1,10-12H2,2-3H3. The average Bonchev–Trinajstić information content (AvgIpc) is 2.29. The third kappa shape index (κ3) is 5.66. The maximum atomic E-state index is 9.54. The molecule has 0 aromatic heterocycles. The summed E-state index contributed by atoms with van der Waals surface area (Å²) in [5.74, 6) is 0. The van der Waals surface area contributed by atoms with Crippen LogP contribution in [-0.4, -0.2) is 17.8 Å². The maximum Gasteiger partial charge on any atom is 0.0724 e. The van der Waals surface area contributed by atoms with Crippen LogP contribution in [0.1, 0.15) is 25.8 Å². The molecule has 0 amide bonds. The lowest BCUT2D eigenvalue weighted by molar-refractivity contribution is 0.0285. The molecule has 1 aromatic rings. The molecule has 1 N–H and O–H groups in total. The van der Waals surface area contributed by atoms with E-state index in [9.17, 15) is 5.11 Å². The highest BCUT2D eigenvalue weighted by Crippen LogP contribution is 2.23. The van der Waals surface area contributed by atoms with Gasteiger partial charge in [0.15, 0.2) is 0 Å². The Morgan fingerprint density at radius 3 is 2.59 bits per heavy atom. The van der Waals surface area contributed by atoms with Gasteiger partial charge in [0.2, 0.25) is 0 Å². The van der Waals surface area contributed by atoms with Crippen LogP contribution in [-0.2, 0) is 11.3 Å². The molecule has 0 saturated carbocycles. The summed E-state index contributed by atoms with van der Waals surface area (Å²) in [6.45, 7) is 9.01. The molecule has 2 nitrogen and oxygen atoms in total. The van der Waals surface area contributed by atoms with Crippen LogP contribution >= 0.6 is 0 Å². The molecular formula is C15H22O2. The molecule has 0 aliphatic heterocycles. The minimum atomic E-state index is -0.453. The molecule has 0 saturated heterocycles. The average molecular weight is 234 g/mol. The Morgan fingerprint density at radius 2 is 2.00 bits per heavy atom. The predicted octanol–water partition coefficient (Wildman–Crippen LogP) is 3.17. The third-order valence-corrected chi connectivity index (χ3v) is 2.64. The minimum Gasteiger partial charge on any atom is -0.389 e. The highest BCUT2D eigenvalue weighted by molar-refractivity contribution is 5.13. The topological polar surface area (TPSA) is 29.5 Å². The van der Waals surface area contributed by atoms with Crippen molar-refractivity contribution in [3.05, 3.63) is 48.6 Å². The molecule has 1 rings (SSSR count). The Hall–Kier alpha value is -1.12. The number of ether oxygens (including phenoxy) is 1. The molecule has 0 aliphatic carbocycles. The van der Waals surface area contributed by atoms with Gasteiger partial charge in [0.25, 0.3) is 0 Å². The van der Waals surface area contributed by atoms with Crippen molar-refractivity contribution in [2.24, 2.45) is 5.41 Å². The smallest absolute Gasteiger partial charge is 0.0724 e. The first-order valence-corrected chi connectivity index (χ1v) is 5.96. The first-order chi connectivity index (χ1) is 8.03. The zero-order chi connectivity index (χ0) is 12.7. The second-order valence-corrected chi connectivity index (χ2v) is 5.15. The van der Waals surface area contributed by atoms with Gasteiger partial charge in [0.1, 0.15) is 0 Å². The molecule has 2 heteroatoms. The van der Waals surface area contributed by atoms with Crippen LogP contribution in [0.5, 0.6) is 0 Å². The van der Waals surface area contributed by atoms with Gasteiger partial charge < -0.3 is 9.84 Å². The summed E-state index contributed by atoms with van der Waals surface area (Å²) in [4.78, 5) is 0. The van der Waals surface area contributed by atoms with Crippen LogP contribution in [0, 0.1) is 5.41 Å². The highest BCUT2D eigenvalue weighted by Gasteiger charge is 2.21. The van der Waals surface area contributed by atoms with E-state index in [2.05, 4.69) is 20.4 Å². The summed E-state index contributed by atoms with van der Waals surface area (Å²) < 4.78 is 5.68. The lowest BCUT2D eigenvalue weighted by Crippen LogP contribution is -2.24. The maximum absolute atomic E-state index is 9.54. The first-order valence-electron chi connectivity index (χ1n) is 5.96. The number of aliphatic hydroxyl groups is 1. The van der Waals surface area contributed by atoms with E-state index in [-0.39, 0.29) is 5.41 Å². The molecule has 0 spiro atoms. The Kier molecular flexibility index (Phi) is 5.39. The quantitative estimate of drug-likeness (QED) is 0.734. The summed E-state index contributed by atoms with van der Waals surface area (Å²) in [5, 5.41) is 9.54. The number of aliphatic hydroxyl groups excluding tert-OH is 1. The Labute approximate surface area is 104 Å². The fourth-order valence-electron chi connectivity index (χ4n) is 1.73. The van der Waals surface area contributed by atoms with Gasteiger partial charge in [-0.15, -0.1) is 6.58 Å².